The van der Waals surface area contributed by atoms with Gasteiger partial charge in [-0.3, -0.25) is 0 Å². The van der Waals surface area contributed by atoms with Crippen molar-refractivity contribution in [1.29, 1.82) is 0 Å². The van der Waals surface area contributed by atoms with Crippen LogP contribution in [0.5, 0.6) is 0 Å². The van der Waals surface area contributed by atoms with Gasteiger partial charge < -0.3 is 19.3 Å². The fourth-order valence-corrected chi connectivity index (χ4v) is 4.33. The van der Waals surface area contributed by atoms with Crippen LogP contribution < -0.4 is 0 Å². The van der Waals surface area contributed by atoms with E-state index in [0.29, 0.717) is 12.8 Å². The van der Waals surface area contributed by atoms with Gasteiger partial charge in [-0.05, 0) is 18.4 Å². The Kier molecular flexibility index (Phi) is 4.00. The van der Waals surface area contributed by atoms with Gasteiger partial charge in [-0.15, -0.1) is 0 Å². The second kappa shape index (κ2) is 6.19. The maximum absolute atomic E-state index is 12.6. The summed E-state index contributed by atoms with van der Waals surface area (Å²) in [7, 11) is 1.89. The molecule has 6 heteroatoms. The lowest BCUT2D eigenvalue weighted by Gasteiger charge is -2.43. The number of imidazole rings is 1. The lowest BCUT2D eigenvalue weighted by Crippen LogP contribution is -2.52. The van der Waals surface area contributed by atoms with E-state index < -0.39 is 5.60 Å². The van der Waals surface area contributed by atoms with Crippen LogP contribution in [-0.2, 0) is 24.0 Å². The van der Waals surface area contributed by atoms with E-state index >= 15 is 0 Å². The number of fused-ring (bicyclic) bond motifs is 2. The monoisotopic (exact) mass is 341 g/mol. The molecule has 2 bridgehead atoms. The molecule has 4 rings (SSSR count). The van der Waals surface area contributed by atoms with E-state index in [1.165, 1.54) is 0 Å². The van der Waals surface area contributed by atoms with Crippen molar-refractivity contribution in [2.24, 2.45) is 7.05 Å². The maximum Gasteiger partial charge on any atom is 0.410 e. The van der Waals surface area contributed by atoms with Crippen LogP contribution in [0.25, 0.3) is 0 Å². The largest absolute Gasteiger partial charge is 0.445 e. The Hall–Kier alpha value is -2.34. The molecule has 0 aliphatic carbocycles. The summed E-state index contributed by atoms with van der Waals surface area (Å²) < 4.78 is 7.38. The predicted octanol–water partition coefficient (Wildman–Crippen LogP) is 2.57. The third-order valence-corrected chi connectivity index (χ3v) is 5.48. The molecule has 2 aromatic rings. The van der Waals surface area contributed by atoms with E-state index in [2.05, 4.69) is 4.98 Å². The molecule has 1 aromatic heterocycles. The number of hydrogen-bond donors (Lipinski definition) is 1. The third-order valence-electron chi connectivity index (χ3n) is 5.48. The molecule has 2 saturated heterocycles. The summed E-state index contributed by atoms with van der Waals surface area (Å²) in [6.07, 6.45) is 6.03. The molecule has 132 valence electrons. The maximum atomic E-state index is 12.6. The van der Waals surface area contributed by atoms with Crippen molar-refractivity contribution in [3.05, 3.63) is 54.1 Å². The Labute approximate surface area is 147 Å². The van der Waals surface area contributed by atoms with Crippen molar-refractivity contribution in [2.75, 3.05) is 0 Å². The smallest absolute Gasteiger partial charge is 0.410 e. The molecule has 0 saturated carbocycles. The number of nitrogens with zero attached hydrogens (tertiary/aromatic N) is 3. The Morgan fingerprint density at radius 1 is 1.28 bits per heavy atom. The summed E-state index contributed by atoms with van der Waals surface area (Å²) in [5.74, 6) is 0. The number of aliphatic hydroxyl groups is 1. The van der Waals surface area contributed by atoms with Gasteiger partial charge in [-0.1, -0.05) is 30.3 Å². The third kappa shape index (κ3) is 2.91. The van der Waals surface area contributed by atoms with Crippen LogP contribution in [0.3, 0.4) is 0 Å². The molecule has 6 nitrogen and oxygen atoms in total. The normalized spacial score (nSPS) is 28.2. The molecular weight excluding hydrogens is 318 g/mol. The highest BCUT2D eigenvalue weighted by molar-refractivity contribution is 5.69. The summed E-state index contributed by atoms with van der Waals surface area (Å²) in [4.78, 5) is 18.6. The Bertz CT molecular complexity index is 744. The predicted molar refractivity (Wildman–Crippen MR) is 91.6 cm³/mol. The average Bonchev–Trinajstić information content (AvgIpc) is 3.16. The lowest BCUT2D eigenvalue weighted by molar-refractivity contribution is -0.0580. The van der Waals surface area contributed by atoms with Crippen LogP contribution in [0.15, 0.2) is 42.9 Å². The van der Waals surface area contributed by atoms with Gasteiger partial charge in [0, 0.05) is 32.0 Å². The zero-order valence-electron chi connectivity index (χ0n) is 14.3. The van der Waals surface area contributed by atoms with Gasteiger partial charge in [0.1, 0.15) is 12.2 Å². The summed E-state index contributed by atoms with van der Waals surface area (Å²) in [5.41, 5.74) is 0.876. The molecule has 1 amide bonds. The molecule has 2 unspecified atom stereocenters. The minimum Gasteiger partial charge on any atom is -0.445 e. The molecular formula is C19H23N3O3. The van der Waals surface area contributed by atoms with E-state index in [0.717, 1.165) is 24.1 Å². The van der Waals surface area contributed by atoms with Gasteiger partial charge in [-0.25, -0.2) is 9.78 Å². The first-order valence-corrected chi connectivity index (χ1v) is 8.75. The van der Waals surface area contributed by atoms with E-state index in [4.69, 9.17) is 4.74 Å². The number of carbonyl (C=O) groups is 1. The molecule has 2 aliphatic rings. The number of aryl methyl sites for hydroxylation is 1. The highest BCUT2D eigenvalue weighted by Crippen LogP contribution is 2.45. The number of piperidine rings is 1. The Morgan fingerprint density at radius 3 is 2.56 bits per heavy atom. The van der Waals surface area contributed by atoms with Crippen LogP contribution in [-0.4, -0.2) is 37.7 Å². The van der Waals surface area contributed by atoms with Gasteiger partial charge in [0.25, 0.3) is 0 Å². The highest BCUT2D eigenvalue weighted by Gasteiger charge is 2.51. The number of hydrogen-bond acceptors (Lipinski definition) is 4. The molecule has 2 fully saturated rings. The molecule has 1 aromatic carbocycles. The van der Waals surface area contributed by atoms with Gasteiger partial charge in [0.2, 0.25) is 0 Å². The van der Waals surface area contributed by atoms with Crippen LogP contribution in [0.4, 0.5) is 4.79 Å². The summed E-state index contributed by atoms with van der Waals surface area (Å²) in [6.45, 7) is 0.279. The van der Waals surface area contributed by atoms with E-state index in [1.807, 2.05) is 46.8 Å². The summed E-state index contributed by atoms with van der Waals surface area (Å²) in [6, 6.07) is 9.72. The van der Waals surface area contributed by atoms with Crippen molar-refractivity contribution in [1.82, 2.24) is 14.5 Å². The van der Waals surface area contributed by atoms with E-state index in [1.54, 1.807) is 12.5 Å². The van der Waals surface area contributed by atoms with Crippen molar-refractivity contribution in [2.45, 2.75) is 50.0 Å². The number of rotatable bonds is 3. The van der Waals surface area contributed by atoms with Crippen molar-refractivity contribution >= 4 is 6.09 Å². The van der Waals surface area contributed by atoms with Crippen LogP contribution in [0.1, 0.15) is 36.9 Å². The molecule has 1 N–H and O–H groups in total. The standard InChI is InChI=1S/C19H23N3O3/c1-21-13-20-11-17(21)19(24)9-15-7-8-16(10-19)22(15)18(23)25-12-14-5-3-2-4-6-14/h2-6,11,13,15-16,24H,7-10,12H2,1H3. The zero-order valence-corrected chi connectivity index (χ0v) is 14.3. The van der Waals surface area contributed by atoms with Crippen LogP contribution >= 0.6 is 0 Å². The minimum atomic E-state index is -0.923. The SMILES string of the molecule is Cn1cncc1C1(O)CC2CCC(C1)N2C(=O)OCc1ccccc1. The highest BCUT2D eigenvalue weighted by atomic mass is 16.6. The molecule has 2 aliphatic heterocycles. The number of carbonyl (C=O) groups excluding carboxylic acids is 1. The second-order valence-electron chi connectivity index (χ2n) is 7.16. The molecule has 0 radical (unpaired) electrons. The molecule has 0 spiro atoms. The first-order chi connectivity index (χ1) is 12.1. The Balaban J connectivity index is 1.45. The number of aromatic nitrogens is 2. The first kappa shape index (κ1) is 16.1. The average molecular weight is 341 g/mol. The fraction of sp³-hybridized carbons (Fsp3) is 0.474. The summed E-state index contributed by atoms with van der Waals surface area (Å²) >= 11 is 0. The van der Waals surface area contributed by atoms with E-state index in [9.17, 15) is 9.90 Å². The van der Waals surface area contributed by atoms with Gasteiger partial charge >= 0.3 is 6.09 Å². The number of ether oxygens (including phenoxy) is 1. The number of benzene rings is 1. The van der Waals surface area contributed by atoms with Gasteiger partial charge in [0.15, 0.2) is 0 Å². The minimum absolute atomic E-state index is 0.0157. The van der Waals surface area contributed by atoms with Crippen molar-refractivity contribution in [3.63, 3.8) is 0 Å². The second-order valence-corrected chi connectivity index (χ2v) is 7.16. The van der Waals surface area contributed by atoms with Gasteiger partial charge in [-0.2, -0.15) is 0 Å². The van der Waals surface area contributed by atoms with Crippen molar-refractivity contribution < 1.29 is 14.6 Å². The fourth-order valence-electron chi connectivity index (χ4n) is 4.33. The lowest BCUT2D eigenvalue weighted by atomic mass is 9.84. The summed E-state index contributed by atoms with van der Waals surface area (Å²) in [5, 5.41) is 11.2. The van der Waals surface area contributed by atoms with Crippen LogP contribution in [0, 0.1) is 0 Å². The molecule has 3 heterocycles. The molecule has 25 heavy (non-hydrogen) atoms. The first-order valence-electron chi connectivity index (χ1n) is 8.75. The van der Waals surface area contributed by atoms with Crippen LogP contribution in [0.2, 0.25) is 0 Å². The number of amides is 1. The van der Waals surface area contributed by atoms with E-state index in [-0.39, 0.29) is 24.8 Å². The Morgan fingerprint density at radius 2 is 1.96 bits per heavy atom. The quantitative estimate of drug-likeness (QED) is 0.932. The zero-order chi connectivity index (χ0) is 17.4. The topological polar surface area (TPSA) is 67.6 Å². The van der Waals surface area contributed by atoms with Gasteiger partial charge in [0.05, 0.1) is 18.2 Å². The van der Waals surface area contributed by atoms with Crippen molar-refractivity contribution in [3.8, 4) is 0 Å². The molecule has 2 atom stereocenters.